The molecule has 0 bridgehead atoms. The number of nitrogens with zero attached hydrogens (tertiary/aromatic N) is 2. The van der Waals surface area contributed by atoms with Crippen molar-refractivity contribution in [3.05, 3.63) is 54.1 Å². The number of amides is 1. The Balaban J connectivity index is 1.42. The summed E-state index contributed by atoms with van der Waals surface area (Å²) in [5.74, 6) is 1.17. The summed E-state index contributed by atoms with van der Waals surface area (Å²) in [6.45, 7) is 3.19. The summed E-state index contributed by atoms with van der Waals surface area (Å²) in [7, 11) is 0. The molecule has 0 aliphatic carbocycles. The van der Waals surface area contributed by atoms with E-state index in [4.69, 9.17) is 14.0 Å². The third-order valence-electron chi connectivity index (χ3n) is 4.73. The van der Waals surface area contributed by atoms with Crippen LogP contribution in [0.5, 0.6) is 5.75 Å². The molecule has 1 saturated heterocycles. The van der Waals surface area contributed by atoms with Crippen molar-refractivity contribution >= 4 is 5.91 Å². The lowest BCUT2D eigenvalue weighted by Crippen LogP contribution is -2.35. The number of ether oxygens (including phenoxy) is 2. The van der Waals surface area contributed by atoms with E-state index in [0.29, 0.717) is 29.6 Å². The number of nitrogens with one attached hydrogen (secondary N) is 1. The molecule has 4 rings (SSSR count). The first-order valence-corrected chi connectivity index (χ1v) is 9.70. The Bertz CT molecular complexity index is 979. The second kappa shape index (κ2) is 8.87. The lowest BCUT2D eigenvalue weighted by Gasteiger charge is -2.12. The van der Waals surface area contributed by atoms with Crippen LogP contribution in [0.2, 0.25) is 0 Å². The van der Waals surface area contributed by atoms with Gasteiger partial charge in [0.2, 0.25) is 5.82 Å². The minimum Gasteiger partial charge on any atom is -0.483 e. The summed E-state index contributed by atoms with van der Waals surface area (Å²) in [4.78, 5) is 16.6. The van der Waals surface area contributed by atoms with Gasteiger partial charge in [-0.25, -0.2) is 0 Å². The van der Waals surface area contributed by atoms with Gasteiger partial charge >= 0.3 is 0 Å². The summed E-state index contributed by atoms with van der Waals surface area (Å²) in [6.07, 6.45) is 2.12. The monoisotopic (exact) mass is 393 g/mol. The summed E-state index contributed by atoms with van der Waals surface area (Å²) < 4.78 is 16.7. The van der Waals surface area contributed by atoms with Crippen molar-refractivity contribution in [1.29, 1.82) is 0 Å². The summed E-state index contributed by atoms with van der Waals surface area (Å²) in [6, 6.07) is 15.2. The quantitative estimate of drug-likeness (QED) is 0.662. The highest BCUT2D eigenvalue weighted by Gasteiger charge is 2.18. The van der Waals surface area contributed by atoms with Crippen LogP contribution in [0.3, 0.4) is 0 Å². The molecule has 1 aliphatic heterocycles. The molecule has 3 aromatic rings. The zero-order valence-electron chi connectivity index (χ0n) is 16.3. The Morgan fingerprint density at radius 1 is 1.24 bits per heavy atom. The molecule has 1 aromatic heterocycles. The van der Waals surface area contributed by atoms with Crippen molar-refractivity contribution in [2.24, 2.45) is 0 Å². The van der Waals surface area contributed by atoms with Gasteiger partial charge in [0, 0.05) is 18.7 Å². The van der Waals surface area contributed by atoms with Crippen LogP contribution >= 0.6 is 0 Å². The predicted molar refractivity (Wildman–Crippen MR) is 107 cm³/mol. The van der Waals surface area contributed by atoms with Crippen molar-refractivity contribution in [3.63, 3.8) is 0 Å². The summed E-state index contributed by atoms with van der Waals surface area (Å²) >= 11 is 0. The average molecular weight is 393 g/mol. The van der Waals surface area contributed by atoms with Crippen LogP contribution in [-0.2, 0) is 9.53 Å². The molecule has 1 fully saturated rings. The van der Waals surface area contributed by atoms with E-state index in [9.17, 15) is 4.79 Å². The molecular formula is C22H23N3O4. The standard InChI is InChI=1S/C22H23N3O4/c1-15-6-4-7-16(12-15)21-24-22(29-25-21)18-9-2-3-10-19(18)28-14-20(26)23-13-17-8-5-11-27-17/h2-4,6-7,9-10,12,17H,5,8,11,13-14H2,1H3,(H,23,26)/t17-/m1/s1. The van der Waals surface area contributed by atoms with Crippen LogP contribution in [-0.4, -0.2) is 41.9 Å². The van der Waals surface area contributed by atoms with Gasteiger partial charge in [-0.2, -0.15) is 4.98 Å². The summed E-state index contributed by atoms with van der Waals surface area (Å²) in [5, 5.41) is 6.92. The fourth-order valence-corrected chi connectivity index (χ4v) is 3.23. The number of carbonyl (C=O) groups is 1. The first-order chi connectivity index (χ1) is 14.2. The van der Waals surface area contributed by atoms with Crippen LogP contribution in [0.25, 0.3) is 22.8 Å². The van der Waals surface area contributed by atoms with Crippen LogP contribution in [0.15, 0.2) is 53.1 Å². The zero-order chi connectivity index (χ0) is 20.1. The van der Waals surface area contributed by atoms with E-state index in [1.54, 1.807) is 6.07 Å². The molecule has 0 radical (unpaired) electrons. The van der Waals surface area contributed by atoms with Crippen molar-refractivity contribution in [2.45, 2.75) is 25.9 Å². The number of hydrogen-bond acceptors (Lipinski definition) is 6. The molecule has 7 nitrogen and oxygen atoms in total. The van der Waals surface area contributed by atoms with Crippen molar-refractivity contribution in [2.75, 3.05) is 19.8 Å². The van der Waals surface area contributed by atoms with Gasteiger partial charge in [-0.3, -0.25) is 4.79 Å². The molecule has 2 aromatic carbocycles. The van der Waals surface area contributed by atoms with Gasteiger partial charge in [0.05, 0.1) is 11.7 Å². The molecule has 1 atom stereocenters. The zero-order valence-corrected chi connectivity index (χ0v) is 16.3. The van der Waals surface area contributed by atoms with Crippen molar-refractivity contribution in [3.8, 4) is 28.6 Å². The second-order valence-corrected chi connectivity index (χ2v) is 7.02. The van der Waals surface area contributed by atoms with E-state index in [0.717, 1.165) is 30.6 Å². The number of hydrogen-bond donors (Lipinski definition) is 1. The first-order valence-electron chi connectivity index (χ1n) is 9.70. The Labute approximate surface area is 169 Å². The molecule has 1 amide bonds. The molecule has 1 N–H and O–H groups in total. The fourth-order valence-electron chi connectivity index (χ4n) is 3.23. The second-order valence-electron chi connectivity index (χ2n) is 7.02. The molecule has 29 heavy (non-hydrogen) atoms. The van der Waals surface area contributed by atoms with Crippen molar-refractivity contribution in [1.82, 2.24) is 15.5 Å². The van der Waals surface area contributed by atoms with Crippen LogP contribution in [0.1, 0.15) is 18.4 Å². The van der Waals surface area contributed by atoms with Gasteiger partial charge in [-0.15, -0.1) is 0 Å². The van der Waals surface area contributed by atoms with Gasteiger partial charge in [0.25, 0.3) is 11.8 Å². The number of carbonyl (C=O) groups excluding carboxylic acids is 1. The van der Waals surface area contributed by atoms with Gasteiger partial charge < -0.3 is 19.3 Å². The minimum atomic E-state index is -0.193. The van der Waals surface area contributed by atoms with E-state index in [2.05, 4.69) is 15.5 Å². The molecule has 0 unspecified atom stereocenters. The van der Waals surface area contributed by atoms with Gasteiger partial charge in [-0.1, -0.05) is 41.1 Å². The van der Waals surface area contributed by atoms with E-state index in [1.165, 1.54) is 0 Å². The maximum Gasteiger partial charge on any atom is 0.262 e. The number of aromatic nitrogens is 2. The third-order valence-corrected chi connectivity index (χ3v) is 4.73. The third kappa shape index (κ3) is 4.81. The first kappa shape index (κ1) is 19.1. The fraction of sp³-hybridized carbons (Fsp3) is 0.318. The smallest absolute Gasteiger partial charge is 0.262 e. The molecule has 7 heteroatoms. The van der Waals surface area contributed by atoms with E-state index in [1.807, 2.05) is 49.4 Å². The lowest BCUT2D eigenvalue weighted by molar-refractivity contribution is -0.123. The molecule has 0 saturated carbocycles. The Morgan fingerprint density at radius 3 is 2.97 bits per heavy atom. The molecule has 0 spiro atoms. The predicted octanol–water partition coefficient (Wildman–Crippen LogP) is 3.39. The highest BCUT2D eigenvalue weighted by Crippen LogP contribution is 2.30. The van der Waals surface area contributed by atoms with Gasteiger partial charge in [0.1, 0.15) is 5.75 Å². The van der Waals surface area contributed by atoms with Crippen molar-refractivity contribution < 1.29 is 18.8 Å². The van der Waals surface area contributed by atoms with Crippen LogP contribution < -0.4 is 10.1 Å². The highest BCUT2D eigenvalue weighted by molar-refractivity contribution is 5.78. The summed E-state index contributed by atoms with van der Waals surface area (Å²) in [5.41, 5.74) is 2.64. The normalized spacial score (nSPS) is 16.0. The lowest BCUT2D eigenvalue weighted by atomic mass is 10.1. The SMILES string of the molecule is Cc1cccc(-c2noc(-c3ccccc3OCC(=O)NC[C@H]3CCCO3)n2)c1. The number of aryl methyl sites for hydroxylation is 1. The largest absolute Gasteiger partial charge is 0.483 e. The number of rotatable bonds is 7. The Kier molecular flexibility index (Phi) is 5.86. The van der Waals surface area contributed by atoms with E-state index < -0.39 is 0 Å². The van der Waals surface area contributed by atoms with Crippen LogP contribution in [0, 0.1) is 6.92 Å². The molecule has 150 valence electrons. The average Bonchev–Trinajstić information content (AvgIpc) is 3.43. The Morgan fingerprint density at radius 2 is 2.14 bits per heavy atom. The van der Waals surface area contributed by atoms with E-state index in [-0.39, 0.29) is 18.6 Å². The maximum absolute atomic E-state index is 12.1. The minimum absolute atomic E-state index is 0.0946. The highest BCUT2D eigenvalue weighted by atomic mass is 16.5. The van der Waals surface area contributed by atoms with E-state index >= 15 is 0 Å². The molecule has 1 aliphatic rings. The topological polar surface area (TPSA) is 86.5 Å². The molecular weight excluding hydrogens is 370 g/mol. The maximum atomic E-state index is 12.1. The Hall–Kier alpha value is -3.19. The van der Waals surface area contributed by atoms with Gasteiger partial charge in [0.15, 0.2) is 6.61 Å². The number of benzene rings is 2. The van der Waals surface area contributed by atoms with Gasteiger partial charge in [-0.05, 0) is 38.0 Å². The molecule has 2 heterocycles. The van der Waals surface area contributed by atoms with Crippen LogP contribution in [0.4, 0.5) is 0 Å². The number of para-hydroxylation sites is 1.